The van der Waals surface area contributed by atoms with Gasteiger partial charge in [0.2, 0.25) is 0 Å². The van der Waals surface area contributed by atoms with Crippen LogP contribution in [0.2, 0.25) is 0 Å². The van der Waals surface area contributed by atoms with Gasteiger partial charge in [-0.05, 0) is 43.4 Å². The van der Waals surface area contributed by atoms with Crippen molar-refractivity contribution >= 4 is 10.8 Å². The van der Waals surface area contributed by atoms with Crippen LogP contribution in [0.15, 0.2) is 24.3 Å². The van der Waals surface area contributed by atoms with Crippen LogP contribution in [0.3, 0.4) is 0 Å². The van der Waals surface area contributed by atoms with Crippen LogP contribution < -0.4 is 0 Å². The smallest absolute Gasteiger partial charge is 0.0991 e. The monoisotopic (exact) mass is 289 g/mol. The first-order valence-corrected chi connectivity index (χ1v) is 8.48. The van der Waals surface area contributed by atoms with Gasteiger partial charge in [-0.25, -0.2) is 0 Å². The lowest BCUT2D eigenvalue weighted by Gasteiger charge is -2.43. The number of fused-ring (bicyclic) bond motifs is 2. The summed E-state index contributed by atoms with van der Waals surface area (Å²) in [5.41, 5.74) is 0.876. The van der Waals surface area contributed by atoms with Crippen molar-refractivity contribution in [3.8, 4) is 6.07 Å². The fourth-order valence-electron chi connectivity index (χ4n) is 3.65. The van der Waals surface area contributed by atoms with Crippen LogP contribution in [-0.2, 0) is 17.2 Å². The maximum atomic E-state index is 12.2. The molecule has 0 radical (unpaired) electrons. The minimum absolute atomic E-state index is 0.159. The summed E-state index contributed by atoms with van der Waals surface area (Å²) >= 11 is 0. The molecule has 1 N–H and O–H groups in total. The van der Waals surface area contributed by atoms with Gasteiger partial charge in [0.15, 0.2) is 0 Å². The Morgan fingerprint density at radius 2 is 2.05 bits per heavy atom. The lowest BCUT2D eigenvalue weighted by Crippen LogP contribution is -2.50. The second-order valence-electron chi connectivity index (χ2n) is 6.13. The van der Waals surface area contributed by atoms with Gasteiger partial charge in [-0.1, -0.05) is 18.6 Å². The SMILES string of the molecule is N#Cc1cccc(CC2(O)CC3CCCC(C2)S3=O)c1. The predicted molar refractivity (Wildman–Crippen MR) is 78.6 cm³/mol. The third-order valence-corrected chi connectivity index (χ3v) is 6.63. The molecule has 2 fully saturated rings. The van der Waals surface area contributed by atoms with E-state index in [9.17, 15) is 9.32 Å². The van der Waals surface area contributed by atoms with Crippen molar-refractivity contribution in [2.24, 2.45) is 0 Å². The van der Waals surface area contributed by atoms with Crippen LogP contribution >= 0.6 is 0 Å². The Balaban J connectivity index is 1.79. The van der Waals surface area contributed by atoms with Crippen molar-refractivity contribution in [1.29, 1.82) is 5.26 Å². The summed E-state index contributed by atoms with van der Waals surface area (Å²) in [7, 11) is -0.759. The number of hydrogen-bond acceptors (Lipinski definition) is 3. The van der Waals surface area contributed by atoms with Gasteiger partial charge in [0.1, 0.15) is 0 Å². The van der Waals surface area contributed by atoms with E-state index in [-0.39, 0.29) is 10.5 Å². The summed E-state index contributed by atoms with van der Waals surface area (Å²) in [4.78, 5) is 0. The van der Waals surface area contributed by atoms with Gasteiger partial charge in [-0.3, -0.25) is 4.21 Å². The maximum absolute atomic E-state index is 12.2. The van der Waals surface area contributed by atoms with Gasteiger partial charge in [0, 0.05) is 27.7 Å². The van der Waals surface area contributed by atoms with Gasteiger partial charge in [0.25, 0.3) is 0 Å². The van der Waals surface area contributed by atoms with Crippen molar-refractivity contribution in [2.45, 2.75) is 54.6 Å². The van der Waals surface area contributed by atoms with E-state index in [2.05, 4.69) is 6.07 Å². The molecule has 0 aliphatic carbocycles. The molecule has 0 amide bonds. The molecular formula is C16H19NO2S. The Hall–Kier alpha value is -1.18. The molecule has 2 bridgehead atoms. The highest BCUT2D eigenvalue weighted by molar-refractivity contribution is 7.86. The zero-order valence-corrected chi connectivity index (χ0v) is 12.2. The van der Waals surface area contributed by atoms with E-state index in [1.54, 1.807) is 6.07 Å². The highest BCUT2D eigenvalue weighted by Gasteiger charge is 2.45. The summed E-state index contributed by atoms with van der Waals surface area (Å²) in [6.07, 6.45) is 4.92. The maximum Gasteiger partial charge on any atom is 0.0991 e. The van der Waals surface area contributed by atoms with Crippen LogP contribution in [0.5, 0.6) is 0 Å². The lowest BCUT2D eigenvalue weighted by molar-refractivity contribution is 0.0114. The zero-order valence-electron chi connectivity index (χ0n) is 11.4. The first kappa shape index (κ1) is 13.8. The predicted octanol–water partition coefficient (Wildman–Crippen LogP) is 2.30. The molecule has 1 aromatic carbocycles. The second-order valence-corrected chi connectivity index (χ2v) is 8.12. The summed E-state index contributed by atoms with van der Waals surface area (Å²) < 4.78 is 12.2. The van der Waals surface area contributed by atoms with Crippen molar-refractivity contribution in [2.75, 3.05) is 0 Å². The molecule has 106 valence electrons. The summed E-state index contributed by atoms with van der Waals surface area (Å²) in [6.45, 7) is 0. The molecule has 0 spiro atoms. The summed E-state index contributed by atoms with van der Waals surface area (Å²) in [6, 6.07) is 9.58. The number of nitriles is 1. The van der Waals surface area contributed by atoms with Gasteiger partial charge in [0.05, 0.1) is 17.2 Å². The Morgan fingerprint density at radius 1 is 1.35 bits per heavy atom. The minimum Gasteiger partial charge on any atom is -0.389 e. The molecule has 4 heteroatoms. The fourth-order valence-corrected chi connectivity index (χ4v) is 5.94. The summed E-state index contributed by atoms with van der Waals surface area (Å²) in [5.74, 6) is 0. The average Bonchev–Trinajstić information content (AvgIpc) is 2.41. The van der Waals surface area contributed by atoms with E-state index < -0.39 is 16.4 Å². The van der Waals surface area contributed by atoms with Crippen molar-refractivity contribution in [3.05, 3.63) is 35.4 Å². The molecule has 3 rings (SSSR count). The van der Waals surface area contributed by atoms with Gasteiger partial charge < -0.3 is 5.11 Å². The first-order chi connectivity index (χ1) is 9.59. The Kier molecular flexibility index (Phi) is 3.66. The lowest BCUT2D eigenvalue weighted by atomic mass is 9.81. The molecule has 2 aliphatic rings. The summed E-state index contributed by atoms with van der Waals surface area (Å²) in [5, 5.41) is 20.2. The molecule has 1 aromatic rings. The normalized spacial score (nSPS) is 36.3. The molecule has 2 saturated heterocycles. The van der Waals surface area contributed by atoms with Crippen LogP contribution in [0.4, 0.5) is 0 Å². The Labute approximate surface area is 122 Å². The van der Waals surface area contributed by atoms with Crippen LogP contribution in [-0.4, -0.2) is 25.4 Å². The third-order valence-electron chi connectivity index (χ3n) is 4.51. The Bertz CT molecular complexity index is 562. The number of aliphatic hydroxyl groups is 1. The largest absolute Gasteiger partial charge is 0.389 e. The highest BCUT2D eigenvalue weighted by Crippen LogP contribution is 2.40. The number of rotatable bonds is 2. The quantitative estimate of drug-likeness (QED) is 0.908. The molecule has 2 unspecified atom stereocenters. The van der Waals surface area contributed by atoms with E-state index >= 15 is 0 Å². The number of benzene rings is 1. The van der Waals surface area contributed by atoms with Crippen molar-refractivity contribution in [1.82, 2.24) is 0 Å². The molecule has 2 aliphatic heterocycles. The van der Waals surface area contributed by atoms with Gasteiger partial charge >= 0.3 is 0 Å². The zero-order chi connectivity index (χ0) is 14.2. The van der Waals surface area contributed by atoms with Crippen molar-refractivity contribution in [3.63, 3.8) is 0 Å². The van der Waals surface area contributed by atoms with Gasteiger partial charge in [-0.15, -0.1) is 0 Å². The van der Waals surface area contributed by atoms with E-state index in [1.807, 2.05) is 18.2 Å². The van der Waals surface area contributed by atoms with Crippen LogP contribution in [0.25, 0.3) is 0 Å². The van der Waals surface area contributed by atoms with Crippen molar-refractivity contribution < 1.29 is 9.32 Å². The molecule has 3 nitrogen and oxygen atoms in total. The van der Waals surface area contributed by atoms with Gasteiger partial charge in [-0.2, -0.15) is 5.26 Å². The average molecular weight is 289 g/mol. The standard InChI is InChI=1S/C16H19NO2S/c17-11-13-4-1-3-12(7-13)8-16(18)9-14-5-2-6-15(10-16)20(14)19/h1,3-4,7,14-15,18H,2,5-6,8-10H2. The first-order valence-electron chi connectivity index (χ1n) is 7.20. The molecule has 2 atom stereocenters. The van der Waals surface area contributed by atoms with E-state index in [1.165, 1.54) is 0 Å². The van der Waals surface area contributed by atoms with E-state index in [0.29, 0.717) is 24.8 Å². The number of hydrogen-bond donors (Lipinski definition) is 1. The van der Waals surface area contributed by atoms with E-state index in [4.69, 9.17) is 5.26 Å². The van der Waals surface area contributed by atoms with Crippen LogP contribution in [0.1, 0.15) is 43.2 Å². The molecule has 0 saturated carbocycles. The third kappa shape index (κ3) is 2.65. The fraction of sp³-hybridized carbons (Fsp3) is 0.562. The topological polar surface area (TPSA) is 61.1 Å². The molecule has 2 heterocycles. The molecule has 20 heavy (non-hydrogen) atoms. The number of nitrogens with zero attached hydrogens (tertiary/aromatic N) is 1. The molecular weight excluding hydrogens is 270 g/mol. The minimum atomic E-state index is -0.759. The van der Waals surface area contributed by atoms with Crippen LogP contribution in [0, 0.1) is 11.3 Å². The second kappa shape index (κ2) is 5.31. The van der Waals surface area contributed by atoms with E-state index in [0.717, 1.165) is 24.8 Å². The highest BCUT2D eigenvalue weighted by atomic mass is 32.2. The Morgan fingerprint density at radius 3 is 2.70 bits per heavy atom. The molecule has 0 aromatic heterocycles.